The number of benzene rings is 1. The van der Waals surface area contributed by atoms with E-state index in [-0.39, 0.29) is 5.54 Å². The molecule has 1 heterocycles. The van der Waals surface area contributed by atoms with E-state index in [0.717, 1.165) is 31.2 Å². The predicted molar refractivity (Wildman–Crippen MR) is 72.9 cm³/mol. The average Bonchev–Trinajstić information content (AvgIpc) is 2.85. The van der Waals surface area contributed by atoms with E-state index in [1.54, 1.807) is 0 Å². The number of hydrogen-bond acceptors (Lipinski definition) is 1. The van der Waals surface area contributed by atoms with Crippen molar-refractivity contribution < 1.29 is 0 Å². The molecule has 1 aromatic carbocycles. The largest absolute Gasteiger partial charge is 0.311 e. The van der Waals surface area contributed by atoms with Crippen LogP contribution in [0.3, 0.4) is 0 Å². The van der Waals surface area contributed by atoms with Gasteiger partial charge in [-0.05, 0) is 17.4 Å². The van der Waals surface area contributed by atoms with Gasteiger partial charge < -0.3 is 4.85 Å². The van der Waals surface area contributed by atoms with Crippen LogP contribution in [-0.2, 0) is 6.54 Å². The van der Waals surface area contributed by atoms with Crippen molar-refractivity contribution in [3.8, 4) is 0 Å². The molecule has 1 saturated heterocycles. The highest BCUT2D eigenvalue weighted by molar-refractivity contribution is 5.15. The van der Waals surface area contributed by atoms with Crippen LogP contribution < -0.4 is 0 Å². The summed E-state index contributed by atoms with van der Waals surface area (Å²) >= 11 is 0. The van der Waals surface area contributed by atoms with Crippen molar-refractivity contribution in [2.24, 2.45) is 11.8 Å². The summed E-state index contributed by atoms with van der Waals surface area (Å²) in [5, 5.41) is 0. The molecule has 0 aromatic heterocycles. The number of hydrogen-bond donors (Lipinski definition) is 0. The normalized spacial score (nSPS) is 35.3. The molecule has 94 valence electrons. The summed E-state index contributed by atoms with van der Waals surface area (Å²) in [6, 6.07) is 10.7. The third-order valence-corrected chi connectivity index (χ3v) is 4.57. The Morgan fingerprint density at radius 2 is 1.83 bits per heavy atom. The fraction of sp³-hybridized carbons (Fsp3) is 0.562. The van der Waals surface area contributed by atoms with Crippen molar-refractivity contribution in [2.45, 2.75) is 31.8 Å². The van der Waals surface area contributed by atoms with Crippen molar-refractivity contribution in [3.63, 3.8) is 0 Å². The Hall–Kier alpha value is -1.33. The van der Waals surface area contributed by atoms with Crippen molar-refractivity contribution in [2.75, 3.05) is 13.1 Å². The molecule has 0 bridgehead atoms. The van der Waals surface area contributed by atoms with E-state index in [2.05, 4.69) is 47.0 Å². The van der Waals surface area contributed by atoms with E-state index in [0.29, 0.717) is 0 Å². The van der Waals surface area contributed by atoms with E-state index in [9.17, 15) is 0 Å². The Labute approximate surface area is 109 Å². The fourth-order valence-corrected chi connectivity index (χ4v) is 3.77. The topological polar surface area (TPSA) is 7.60 Å². The number of fused-ring (bicyclic) bond motifs is 1. The summed E-state index contributed by atoms with van der Waals surface area (Å²) in [5.41, 5.74) is 1.35. The molecule has 0 spiro atoms. The van der Waals surface area contributed by atoms with Gasteiger partial charge in [0.2, 0.25) is 5.54 Å². The lowest BCUT2D eigenvalue weighted by Crippen LogP contribution is -2.25. The average molecular weight is 240 g/mol. The third-order valence-electron chi connectivity index (χ3n) is 4.57. The van der Waals surface area contributed by atoms with Gasteiger partial charge in [0.1, 0.15) is 0 Å². The molecular weight excluding hydrogens is 220 g/mol. The van der Waals surface area contributed by atoms with Gasteiger partial charge in [0.15, 0.2) is 0 Å². The van der Waals surface area contributed by atoms with Gasteiger partial charge in [0.05, 0.1) is 0 Å². The molecule has 0 amide bonds. The van der Waals surface area contributed by atoms with E-state index in [4.69, 9.17) is 6.57 Å². The van der Waals surface area contributed by atoms with E-state index >= 15 is 0 Å². The van der Waals surface area contributed by atoms with Crippen molar-refractivity contribution in [1.29, 1.82) is 0 Å². The minimum Gasteiger partial charge on any atom is -0.311 e. The van der Waals surface area contributed by atoms with Crippen LogP contribution in [0.15, 0.2) is 30.3 Å². The molecule has 2 aliphatic rings. The highest BCUT2D eigenvalue weighted by Crippen LogP contribution is 2.45. The number of nitrogens with zero attached hydrogens (tertiary/aromatic N) is 2. The van der Waals surface area contributed by atoms with Gasteiger partial charge in [-0.1, -0.05) is 30.3 Å². The van der Waals surface area contributed by atoms with Crippen LogP contribution in [0.2, 0.25) is 0 Å². The molecule has 2 nitrogen and oxygen atoms in total. The molecule has 1 saturated carbocycles. The van der Waals surface area contributed by atoms with Crippen LogP contribution in [0.5, 0.6) is 0 Å². The van der Waals surface area contributed by atoms with Crippen LogP contribution >= 0.6 is 0 Å². The summed E-state index contributed by atoms with van der Waals surface area (Å²) in [5.74, 6) is 1.51. The molecule has 18 heavy (non-hydrogen) atoms. The molecule has 3 rings (SSSR count). The highest BCUT2D eigenvalue weighted by atomic mass is 15.2. The quantitative estimate of drug-likeness (QED) is 0.720. The van der Waals surface area contributed by atoms with Gasteiger partial charge in [-0.3, -0.25) is 4.90 Å². The van der Waals surface area contributed by atoms with Gasteiger partial charge in [-0.2, -0.15) is 0 Å². The zero-order chi connectivity index (χ0) is 12.6. The van der Waals surface area contributed by atoms with Crippen LogP contribution in [0, 0.1) is 18.4 Å². The Kier molecular flexibility index (Phi) is 2.87. The standard InChI is InChI=1S/C16H20N2/c1-16(17-2)8-14-11-18(12-15(14)9-16)10-13-6-4-3-5-7-13/h3-7,14-15H,8-12H2,1H3/t14-,15+,16?. The summed E-state index contributed by atoms with van der Waals surface area (Å²) in [6.07, 6.45) is 2.21. The van der Waals surface area contributed by atoms with E-state index in [1.165, 1.54) is 18.7 Å². The second-order valence-corrected chi connectivity index (χ2v) is 6.22. The Morgan fingerprint density at radius 1 is 1.22 bits per heavy atom. The second-order valence-electron chi connectivity index (χ2n) is 6.22. The maximum Gasteiger partial charge on any atom is 0.230 e. The first-order valence-electron chi connectivity index (χ1n) is 6.83. The number of rotatable bonds is 2. The van der Waals surface area contributed by atoms with Gasteiger partial charge in [-0.25, -0.2) is 6.57 Å². The summed E-state index contributed by atoms with van der Waals surface area (Å²) in [6.45, 7) is 12.9. The third kappa shape index (κ3) is 2.15. The first-order valence-corrected chi connectivity index (χ1v) is 6.83. The minimum absolute atomic E-state index is 0.0613. The Balaban J connectivity index is 1.61. The van der Waals surface area contributed by atoms with Crippen molar-refractivity contribution in [3.05, 3.63) is 47.3 Å². The van der Waals surface area contributed by atoms with E-state index in [1.807, 2.05) is 0 Å². The summed E-state index contributed by atoms with van der Waals surface area (Å²) in [4.78, 5) is 6.41. The lowest BCUT2D eigenvalue weighted by Gasteiger charge is -2.19. The first kappa shape index (κ1) is 11.7. The molecule has 1 aliphatic carbocycles. The van der Waals surface area contributed by atoms with Gasteiger partial charge in [0, 0.05) is 39.4 Å². The van der Waals surface area contributed by atoms with E-state index < -0.39 is 0 Å². The molecule has 0 N–H and O–H groups in total. The molecule has 3 atom stereocenters. The smallest absolute Gasteiger partial charge is 0.230 e. The van der Waals surface area contributed by atoms with Crippen LogP contribution in [0.25, 0.3) is 4.85 Å². The monoisotopic (exact) mass is 240 g/mol. The zero-order valence-corrected chi connectivity index (χ0v) is 11.0. The molecule has 1 aromatic rings. The van der Waals surface area contributed by atoms with Gasteiger partial charge >= 0.3 is 0 Å². The summed E-state index contributed by atoms with van der Waals surface area (Å²) in [7, 11) is 0. The molecule has 0 radical (unpaired) electrons. The predicted octanol–water partition coefficient (Wildman–Crippen LogP) is 3.21. The van der Waals surface area contributed by atoms with Gasteiger partial charge in [0.25, 0.3) is 0 Å². The molecule has 2 heteroatoms. The molecular formula is C16H20N2. The van der Waals surface area contributed by atoms with Crippen LogP contribution in [0.4, 0.5) is 0 Å². The molecule has 1 unspecified atom stereocenters. The van der Waals surface area contributed by atoms with Crippen molar-refractivity contribution in [1.82, 2.24) is 4.90 Å². The first-order chi connectivity index (χ1) is 8.68. The maximum atomic E-state index is 7.32. The molecule has 1 aliphatic heterocycles. The Bertz CT molecular complexity index is 446. The minimum atomic E-state index is -0.0613. The second kappa shape index (κ2) is 4.40. The Morgan fingerprint density at radius 3 is 2.39 bits per heavy atom. The van der Waals surface area contributed by atoms with Crippen molar-refractivity contribution >= 4 is 0 Å². The van der Waals surface area contributed by atoms with Gasteiger partial charge in [-0.15, -0.1) is 0 Å². The lowest BCUT2D eigenvalue weighted by molar-refractivity contribution is 0.292. The summed E-state index contributed by atoms with van der Waals surface area (Å²) < 4.78 is 0. The molecule has 2 fully saturated rings. The maximum absolute atomic E-state index is 7.32. The van der Waals surface area contributed by atoms with Crippen LogP contribution in [-0.4, -0.2) is 23.5 Å². The van der Waals surface area contributed by atoms with Crippen LogP contribution in [0.1, 0.15) is 25.3 Å². The SMILES string of the molecule is [C-]#[N+]C1(C)C[C@H]2CN(Cc3ccccc3)C[C@H]2C1. The lowest BCUT2D eigenvalue weighted by atomic mass is 9.99. The zero-order valence-electron chi connectivity index (χ0n) is 11.0. The highest BCUT2D eigenvalue weighted by Gasteiger charge is 2.50. The number of likely N-dealkylation sites (tertiary alicyclic amines) is 1. The fourth-order valence-electron chi connectivity index (χ4n) is 3.77.